The van der Waals surface area contributed by atoms with Crippen molar-refractivity contribution in [2.45, 2.75) is 6.18 Å². The summed E-state index contributed by atoms with van der Waals surface area (Å²) in [4.78, 5) is 25.1. The number of para-hydroxylation sites is 1. The maximum Gasteiger partial charge on any atom is 0.417 e. The number of methoxy groups -OCH3 is 1. The molecule has 0 aromatic heterocycles. The Morgan fingerprint density at radius 3 is 2.36 bits per heavy atom. The fourth-order valence-electron chi connectivity index (χ4n) is 2.79. The molecular formula is C23H17ClF3N3O3. The second-order valence-electron chi connectivity index (χ2n) is 6.66. The number of nitrogens with one attached hydrogen (secondary N) is 2. The first-order chi connectivity index (χ1) is 15.7. The third kappa shape index (κ3) is 6.11. The highest BCUT2D eigenvalue weighted by atomic mass is 35.5. The van der Waals surface area contributed by atoms with Crippen LogP contribution in [0.25, 0.3) is 0 Å². The molecule has 33 heavy (non-hydrogen) atoms. The molecule has 0 radical (unpaired) electrons. The first-order valence-electron chi connectivity index (χ1n) is 9.43. The number of hydrogen-bond donors (Lipinski definition) is 2. The van der Waals surface area contributed by atoms with Crippen LogP contribution in [-0.4, -0.2) is 25.1 Å². The predicted molar refractivity (Wildman–Crippen MR) is 119 cm³/mol. The van der Waals surface area contributed by atoms with Crippen LogP contribution < -0.4 is 15.5 Å². The molecule has 10 heteroatoms. The van der Waals surface area contributed by atoms with Crippen molar-refractivity contribution in [3.8, 4) is 5.75 Å². The number of carbonyl (C=O) groups is 2. The van der Waals surface area contributed by atoms with E-state index in [0.717, 1.165) is 18.3 Å². The molecular weight excluding hydrogens is 459 g/mol. The zero-order valence-corrected chi connectivity index (χ0v) is 17.9. The van der Waals surface area contributed by atoms with Gasteiger partial charge in [0.05, 0.1) is 35.2 Å². The van der Waals surface area contributed by atoms with Crippen molar-refractivity contribution in [3.63, 3.8) is 0 Å². The quantitative estimate of drug-likeness (QED) is 0.371. The zero-order valence-electron chi connectivity index (χ0n) is 17.1. The Bertz CT molecular complexity index is 1200. The molecule has 0 bridgehead atoms. The van der Waals surface area contributed by atoms with Crippen molar-refractivity contribution in [1.82, 2.24) is 5.43 Å². The highest BCUT2D eigenvalue weighted by Crippen LogP contribution is 2.34. The van der Waals surface area contributed by atoms with E-state index in [9.17, 15) is 22.8 Å². The molecule has 0 saturated carbocycles. The normalized spacial score (nSPS) is 11.3. The van der Waals surface area contributed by atoms with Gasteiger partial charge in [0.25, 0.3) is 11.8 Å². The highest BCUT2D eigenvalue weighted by Gasteiger charge is 2.33. The van der Waals surface area contributed by atoms with E-state index in [1.165, 1.54) is 25.3 Å². The van der Waals surface area contributed by atoms with Gasteiger partial charge in [0.15, 0.2) is 0 Å². The van der Waals surface area contributed by atoms with Crippen LogP contribution in [0.1, 0.15) is 31.8 Å². The highest BCUT2D eigenvalue weighted by molar-refractivity contribution is 6.31. The number of alkyl halides is 3. The topological polar surface area (TPSA) is 79.8 Å². The van der Waals surface area contributed by atoms with Gasteiger partial charge < -0.3 is 10.1 Å². The third-order valence-corrected chi connectivity index (χ3v) is 4.78. The van der Waals surface area contributed by atoms with Crippen LogP contribution in [0.2, 0.25) is 5.02 Å². The van der Waals surface area contributed by atoms with E-state index in [4.69, 9.17) is 16.3 Å². The Morgan fingerprint density at radius 1 is 1.00 bits per heavy atom. The molecule has 0 aliphatic rings. The molecule has 6 nitrogen and oxygen atoms in total. The lowest BCUT2D eigenvalue weighted by molar-refractivity contribution is -0.137. The molecule has 2 amide bonds. The lowest BCUT2D eigenvalue weighted by atomic mass is 10.1. The fraction of sp³-hybridized carbons (Fsp3) is 0.0870. The maximum absolute atomic E-state index is 13.0. The average molecular weight is 476 g/mol. The smallest absolute Gasteiger partial charge is 0.417 e. The van der Waals surface area contributed by atoms with Crippen LogP contribution in [0.15, 0.2) is 71.8 Å². The summed E-state index contributed by atoms with van der Waals surface area (Å²) in [5.41, 5.74) is 2.02. The maximum atomic E-state index is 13.0. The van der Waals surface area contributed by atoms with Gasteiger partial charge in [-0.25, -0.2) is 5.43 Å². The molecule has 2 N–H and O–H groups in total. The standard InChI is InChI=1S/C23H17ClF3N3O3/c1-33-16-9-7-15(8-10-16)21(31)29-20-5-3-2-4-17(20)22(32)30-28-13-14-6-11-19(24)18(12-14)23(25,26)27/h2-13H,1H3,(H,29,31)(H,30,32)/b28-13-. The molecule has 0 fully saturated rings. The number of benzene rings is 3. The molecule has 0 unspecified atom stereocenters. The summed E-state index contributed by atoms with van der Waals surface area (Å²) < 4.78 is 44.0. The number of amides is 2. The van der Waals surface area contributed by atoms with Crippen molar-refractivity contribution in [2.75, 3.05) is 12.4 Å². The lowest BCUT2D eigenvalue weighted by Gasteiger charge is -2.10. The SMILES string of the molecule is COc1ccc(C(=O)Nc2ccccc2C(=O)N/N=C\c2ccc(Cl)c(C(F)(F)F)c2)cc1. The Hall–Kier alpha value is -3.85. The number of anilines is 1. The van der Waals surface area contributed by atoms with Crippen LogP contribution >= 0.6 is 11.6 Å². The lowest BCUT2D eigenvalue weighted by Crippen LogP contribution is -2.21. The molecule has 0 saturated heterocycles. The van der Waals surface area contributed by atoms with Gasteiger partial charge in [0.1, 0.15) is 5.75 Å². The van der Waals surface area contributed by atoms with Gasteiger partial charge in [-0.15, -0.1) is 0 Å². The molecule has 170 valence electrons. The summed E-state index contributed by atoms with van der Waals surface area (Å²) in [6.45, 7) is 0. The number of hydrazone groups is 1. The van der Waals surface area contributed by atoms with Gasteiger partial charge in [0.2, 0.25) is 0 Å². The van der Waals surface area contributed by atoms with Gasteiger partial charge in [-0.2, -0.15) is 18.3 Å². The summed E-state index contributed by atoms with van der Waals surface area (Å²) in [5, 5.41) is 5.92. The number of carbonyl (C=O) groups excluding carboxylic acids is 2. The van der Waals surface area contributed by atoms with Gasteiger partial charge in [-0.3, -0.25) is 9.59 Å². The largest absolute Gasteiger partial charge is 0.497 e. The second kappa shape index (κ2) is 10.2. The van der Waals surface area contributed by atoms with Crippen LogP contribution in [-0.2, 0) is 6.18 Å². The number of halogens is 4. The first-order valence-corrected chi connectivity index (χ1v) is 9.81. The molecule has 3 aromatic rings. The number of hydrogen-bond acceptors (Lipinski definition) is 4. The van der Waals surface area contributed by atoms with Crippen molar-refractivity contribution in [3.05, 3.63) is 94.0 Å². The van der Waals surface area contributed by atoms with E-state index < -0.39 is 28.6 Å². The molecule has 0 heterocycles. The van der Waals surface area contributed by atoms with E-state index in [1.54, 1.807) is 36.4 Å². The molecule has 0 atom stereocenters. The van der Waals surface area contributed by atoms with E-state index in [1.807, 2.05) is 0 Å². The van der Waals surface area contributed by atoms with Crippen LogP contribution in [0.3, 0.4) is 0 Å². The summed E-state index contributed by atoms with van der Waals surface area (Å²) in [6, 6.07) is 15.9. The molecule has 0 spiro atoms. The van der Waals surface area contributed by atoms with Crippen molar-refractivity contribution < 1.29 is 27.5 Å². The summed E-state index contributed by atoms with van der Waals surface area (Å²) in [5.74, 6) is -0.517. The minimum absolute atomic E-state index is 0.0909. The van der Waals surface area contributed by atoms with Crippen molar-refractivity contribution in [1.29, 1.82) is 0 Å². The minimum Gasteiger partial charge on any atom is -0.497 e. The van der Waals surface area contributed by atoms with E-state index in [2.05, 4.69) is 15.8 Å². The van der Waals surface area contributed by atoms with Gasteiger partial charge >= 0.3 is 6.18 Å². The molecule has 3 rings (SSSR count). The monoisotopic (exact) mass is 475 g/mol. The van der Waals surface area contributed by atoms with Gasteiger partial charge in [-0.05, 0) is 54.1 Å². The van der Waals surface area contributed by atoms with Gasteiger partial charge in [0, 0.05) is 5.56 Å². The summed E-state index contributed by atoms with van der Waals surface area (Å²) in [7, 11) is 1.51. The summed E-state index contributed by atoms with van der Waals surface area (Å²) >= 11 is 5.59. The van der Waals surface area contributed by atoms with Crippen molar-refractivity contribution in [2.24, 2.45) is 5.10 Å². The van der Waals surface area contributed by atoms with Crippen LogP contribution in [0.5, 0.6) is 5.75 Å². The number of ether oxygens (including phenoxy) is 1. The molecule has 0 aliphatic heterocycles. The number of rotatable bonds is 6. The molecule has 3 aromatic carbocycles. The Balaban J connectivity index is 1.72. The van der Waals surface area contributed by atoms with E-state index in [0.29, 0.717) is 11.3 Å². The third-order valence-electron chi connectivity index (χ3n) is 4.45. The van der Waals surface area contributed by atoms with E-state index >= 15 is 0 Å². The molecule has 0 aliphatic carbocycles. The van der Waals surface area contributed by atoms with E-state index in [-0.39, 0.29) is 16.8 Å². The first kappa shape index (κ1) is 23.8. The summed E-state index contributed by atoms with van der Waals surface area (Å²) in [6.07, 6.45) is -3.56. The Labute approximate surface area is 192 Å². The minimum atomic E-state index is -4.62. The van der Waals surface area contributed by atoms with Gasteiger partial charge in [-0.1, -0.05) is 29.8 Å². The van der Waals surface area contributed by atoms with Crippen LogP contribution in [0.4, 0.5) is 18.9 Å². The number of nitrogens with zero attached hydrogens (tertiary/aromatic N) is 1. The Kier molecular flexibility index (Phi) is 7.34. The van der Waals surface area contributed by atoms with Crippen molar-refractivity contribution >= 4 is 35.3 Å². The average Bonchev–Trinajstić information content (AvgIpc) is 2.79. The zero-order chi connectivity index (χ0) is 24.0. The Morgan fingerprint density at radius 2 is 1.70 bits per heavy atom. The predicted octanol–water partition coefficient (Wildman–Crippen LogP) is 5.38. The van der Waals surface area contributed by atoms with Crippen LogP contribution in [0, 0.1) is 0 Å². The second-order valence-corrected chi connectivity index (χ2v) is 7.07. The fourth-order valence-corrected chi connectivity index (χ4v) is 3.02.